The molecule has 0 aliphatic heterocycles. The summed E-state index contributed by atoms with van der Waals surface area (Å²) in [6.45, 7) is 4.10. The van der Waals surface area contributed by atoms with Crippen molar-refractivity contribution in [3.05, 3.63) is 53.4 Å². The van der Waals surface area contributed by atoms with Gasteiger partial charge in [0.25, 0.3) is 0 Å². The number of Topliss-reactive ketones (excluding diaryl/α,β-unsaturated/α-hetero) is 1. The van der Waals surface area contributed by atoms with E-state index in [2.05, 4.69) is 12.0 Å². The van der Waals surface area contributed by atoms with Crippen LogP contribution in [0.4, 0.5) is 8.78 Å². The summed E-state index contributed by atoms with van der Waals surface area (Å²) in [6.07, 6.45) is 2.78. The molecule has 0 aliphatic rings. The third-order valence-corrected chi connectivity index (χ3v) is 3.50. The fraction of sp³-hybridized carbons (Fsp3) is 0.375. The van der Waals surface area contributed by atoms with Gasteiger partial charge in [0.1, 0.15) is 5.78 Å². The van der Waals surface area contributed by atoms with Crippen LogP contribution in [0.25, 0.3) is 0 Å². The Morgan fingerprint density at radius 3 is 2.76 bits per heavy atom. The predicted octanol–water partition coefficient (Wildman–Crippen LogP) is 3.49. The Morgan fingerprint density at radius 2 is 2.05 bits per heavy atom. The molecule has 1 atom stereocenters. The smallest absolute Gasteiger partial charge is 0.162 e. The molecule has 0 N–H and O–H groups in total. The molecule has 5 heteroatoms. The van der Waals surface area contributed by atoms with E-state index >= 15 is 0 Å². The lowest BCUT2D eigenvalue weighted by Gasteiger charge is -2.08. The standard InChI is InChI=1S/C16H18F2N2O/c1-3-11(2)20-8-7-13(19-20)10-14(21)9-12-5-4-6-15(17)16(12)18/h4-8,11H,3,9-10H2,1-2H3. The van der Waals surface area contributed by atoms with Gasteiger partial charge in [-0.2, -0.15) is 5.10 Å². The Balaban J connectivity index is 2.02. The van der Waals surface area contributed by atoms with Gasteiger partial charge in [0.15, 0.2) is 11.6 Å². The fourth-order valence-corrected chi connectivity index (χ4v) is 2.07. The van der Waals surface area contributed by atoms with Crippen LogP contribution in [-0.2, 0) is 17.6 Å². The van der Waals surface area contributed by atoms with Crippen LogP contribution >= 0.6 is 0 Å². The molecular formula is C16H18F2N2O. The number of hydrogen-bond donors (Lipinski definition) is 0. The summed E-state index contributed by atoms with van der Waals surface area (Å²) in [4.78, 5) is 12.0. The zero-order valence-electron chi connectivity index (χ0n) is 12.1. The van der Waals surface area contributed by atoms with Gasteiger partial charge in [0, 0.05) is 18.7 Å². The van der Waals surface area contributed by atoms with Gasteiger partial charge in [-0.05, 0) is 31.0 Å². The molecule has 112 valence electrons. The lowest BCUT2D eigenvalue weighted by atomic mass is 10.1. The van der Waals surface area contributed by atoms with Gasteiger partial charge < -0.3 is 0 Å². The number of nitrogens with zero attached hydrogens (tertiary/aromatic N) is 2. The van der Waals surface area contributed by atoms with Crippen LogP contribution in [0, 0.1) is 11.6 Å². The Labute approximate surface area is 122 Å². The second-order valence-electron chi connectivity index (χ2n) is 5.15. The molecule has 0 amide bonds. The molecule has 3 nitrogen and oxygen atoms in total. The van der Waals surface area contributed by atoms with Crippen molar-refractivity contribution in [1.29, 1.82) is 0 Å². The third kappa shape index (κ3) is 3.74. The summed E-state index contributed by atoms with van der Waals surface area (Å²) < 4.78 is 28.4. The minimum Gasteiger partial charge on any atom is -0.299 e. The first kappa shape index (κ1) is 15.4. The van der Waals surface area contributed by atoms with E-state index in [0.717, 1.165) is 12.5 Å². The Morgan fingerprint density at radius 1 is 1.29 bits per heavy atom. The number of benzene rings is 1. The maximum atomic E-state index is 13.5. The number of carbonyl (C=O) groups is 1. The quantitative estimate of drug-likeness (QED) is 0.817. The topological polar surface area (TPSA) is 34.9 Å². The first-order valence-electron chi connectivity index (χ1n) is 7.00. The van der Waals surface area contributed by atoms with Gasteiger partial charge in [-0.15, -0.1) is 0 Å². The normalized spacial score (nSPS) is 12.4. The number of carbonyl (C=O) groups excluding carboxylic acids is 1. The molecule has 1 unspecified atom stereocenters. The monoisotopic (exact) mass is 292 g/mol. The van der Waals surface area contributed by atoms with E-state index in [1.165, 1.54) is 12.1 Å². The van der Waals surface area contributed by atoms with Gasteiger partial charge in [-0.1, -0.05) is 19.1 Å². The highest BCUT2D eigenvalue weighted by Gasteiger charge is 2.13. The van der Waals surface area contributed by atoms with Crippen LogP contribution in [0.2, 0.25) is 0 Å². The van der Waals surface area contributed by atoms with E-state index in [4.69, 9.17) is 0 Å². The van der Waals surface area contributed by atoms with Crippen molar-refractivity contribution >= 4 is 5.78 Å². The fourth-order valence-electron chi connectivity index (χ4n) is 2.07. The Kier molecular flexibility index (Phi) is 4.83. The maximum Gasteiger partial charge on any atom is 0.162 e. The van der Waals surface area contributed by atoms with Crippen LogP contribution in [0.1, 0.15) is 37.6 Å². The second-order valence-corrected chi connectivity index (χ2v) is 5.15. The molecule has 0 spiro atoms. The molecule has 1 aromatic heterocycles. The Hall–Kier alpha value is -2.04. The minimum atomic E-state index is -0.948. The lowest BCUT2D eigenvalue weighted by Crippen LogP contribution is -2.10. The van der Waals surface area contributed by atoms with Crippen molar-refractivity contribution < 1.29 is 13.6 Å². The molecule has 1 heterocycles. The highest BCUT2D eigenvalue weighted by Crippen LogP contribution is 2.14. The van der Waals surface area contributed by atoms with Crippen molar-refractivity contribution in [2.75, 3.05) is 0 Å². The molecular weight excluding hydrogens is 274 g/mol. The van der Waals surface area contributed by atoms with Gasteiger partial charge >= 0.3 is 0 Å². The number of rotatable bonds is 6. The molecule has 1 aromatic carbocycles. The minimum absolute atomic E-state index is 0.0846. The van der Waals surface area contributed by atoms with E-state index in [1.54, 1.807) is 6.07 Å². The van der Waals surface area contributed by atoms with Crippen molar-refractivity contribution in [1.82, 2.24) is 9.78 Å². The molecule has 21 heavy (non-hydrogen) atoms. The van der Waals surface area contributed by atoms with E-state index in [1.807, 2.05) is 17.8 Å². The van der Waals surface area contributed by atoms with E-state index in [0.29, 0.717) is 5.69 Å². The summed E-state index contributed by atoms with van der Waals surface area (Å²) >= 11 is 0. The molecule has 2 aromatic rings. The van der Waals surface area contributed by atoms with E-state index in [-0.39, 0.29) is 30.2 Å². The first-order chi connectivity index (χ1) is 10.0. The zero-order chi connectivity index (χ0) is 15.4. The first-order valence-corrected chi connectivity index (χ1v) is 7.00. The summed E-state index contributed by atoms with van der Waals surface area (Å²) in [7, 11) is 0. The van der Waals surface area contributed by atoms with Crippen LogP contribution in [-0.4, -0.2) is 15.6 Å². The largest absolute Gasteiger partial charge is 0.299 e. The number of aromatic nitrogens is 2. The highest BCUT2D eigenvalue weighted by molar-refractivity contribution is 5.82. The molecule has 0 bridgehead atoms. The zero-order valence-corrected chi connectivity index (χ0v) is 12.1. The average molecular weight is 292 g/mol. The van der Waals surface area contributed by atoms with Crippen molar-refractivity contribution in [2.45, 2.75) is 39.2 Å². The predicted molar refractivity (Wildman–Crippen MR) is 76.0 cm³/mol. The third-order valence-electron chi connectivity index (χ3n) is 3.50. The molecule has 0 radical (unpaired) electrons. The molecule has 0 saturated carbocycles. The molecule has 0 fully saturated rings. The van der Waals surface area contributed by atoms with Crippen molar-refractivity contribution in [2.24, 2.45) is 0 Å². The summed E-state index contributed by atoms with van der Waals surface area (Å²) in [5, 5.41) is 4.33. The number of halogens is 2. The van der Waals surface area contributed by atoms with Crippen LogP contribution < -0.4 is 0 Å². The molecule has 2 rings (SSSR count). The number of hydrogen-bond acceptors (Lipinski definition) is 2. The van der Waals surface area contributed by atoms with Gasteiger partial charge in [-0.3, -0.25) is 9.48 Å². The van der Waals surface area contributed by atoms with Gasteiger partial charge in [0.05, 0.1) is 12.1 Å². The van der Waals surface area contributed by atoms with Crippen LogP contribution in [0.15, 0.2) is 30.5 Å². The highest BCUT2D eigenvalue weighted by atomic mass is 19.2. The second kappa shape index (κ2) is 6.61. The number of ketones is 1. The Bertz CT molecular complexity index is 637. The van der Waals surface area contributed by atoms with Crippen LogP contribution in [0.5, 0.6) is 0 Å². The van der Waals surface area contributed by atoms with Crippen LogP contribution in [0.3, 0.4) is 0 Å². The maximum absolute atomic E-state index is 13.5. The van der Waals surface area contributed by atoms with E-state index in [9.17, 15) is 13.6 Å². The summed E-state index contributed by atoms with van der Waals surface area (Å²) in [6, 6.07) is 5.92. The van der Waals surface area contributed by atoms with Crippen molar-refractivity contribution in [3.63, 3.8) is 0 Å². The summed E-state index contributed by atoms with van der Waals surface area (Å²) in [5.74, 6) is -2.06. The average Bonchev–Trinajstić information content (AvgIpc) is 2.91. The SMILES string of the molecule is CCC(C)n1ccc(CC(=O)Cc2cccc(F)c2F)n1. The lowest BCUT2D eigenvalue weighted by molar-refractivity contribution is -0.117. The summed E-state index contributed by atoms with van der Waals surface area (Å²) in [5.41, 5.74) is 0.735. The van der Waals surface area contributed by atoms with Gasteiger partial charge in [0.2, 0.25) is 0 Å². The molecule has 0 aliphatic carbocycles. The van der Waals surface area contributed by atoms with Gasteiger partial charge in [-0.25, -0.2) is 8.78 Å². The molecule has 0 saturated heterocycles. The van der Waals surface area contributed by atoms with E-state index < -0.39 is 11.6 Å². The van der Waals surface area contributed by atoms with Crippen molar-refractivity contribution in [3.8, 4) is 0 Å².